The van der Waals surface area contributed by atoms with Crippen LogP contribution in [-0.2, 0) is 11.2 Å². The number of piperidine rings is 1. The zero-order valence-electron chi connectivity index (χ0n) is 14.3. The molecule has 0 spiro atoms. The Morgan fingerprint density at radius 1 is 1.08 bits per heavy atom. The van der Waals surface area contributed by atoms with E-state index in [1.807, 2.05) is 21.9 Å². The van der Waals surface area contributed by atoms with Crippen molar-refractivity contribution in [2.75, 3.05) is 33.2 Å². The molecule has 1 atom stereocenters. The predicted octanol–water partition coefficient (Wildman–Crippen LogP) is 1.52. The number of hydrogen-bond donors (Lipinski definition) is 1. The van der Waals surface area contributed by atoms with E-state index in [1.165, 1.54) is 0 Å². The number of carbonyl (C=O) groups excluding carboxylic acids is 2. The summed E-state index contributed by atoms with van der Waals surface area (Å²) in [5.41, 5.74) is 1.03. The van der Waals surface area contributed by atoms with Gasteiger partial charge in [-0.2, -0.15) is 0 Å². The van der Waals surface area contributed by atoms with E-state index in [9.17, 15) is 9.59 Å². The maximum atomic E-state index is 12.5. The Morgan fingerprint density at radius 2 is 1.71 bits per heavy atom. The summed E-state index contributed by atoms with van der Waals surface area (Å²) in [7, 11) is 1.68. The van der Waals surface area contributed by atoms with E-state index in [2.05, 4.69) is 10.3 Å². The summed E-state index contributed by atoms with van der Waals surface area (Å²) < 4.78 is 0. The zero-order chi connectivity index (χ0) is 16.9. The van der Waals surface area contributed by atoms with Crippen LogP contribution in [0.25, 0.3) is 0 Å². The third-order valence-corrected chi connectivity index (χ3v) is 5.39. The first-order valence-corrected chi connectivity index (χ1v) is 8.80. The number of nitrogens with zero attached hydrogens (tertiary/aromatic N) is 3. The molecule has 6 heteroatoms. The second-order valence-corrected chi connectivity index (χ2v) is 6.80. The molecule has 130 valence electrons. The average molecular weight is 330 g/mol. The van der Waals surface area contributed by atoms with Gasteiger partial charge in [-0.1, -0.05) is 0 Å². The van der Waals surface area contributed by atoms with Crippen molar-refractivity contribution in [2.45, 2.75) is 25.7 Å². The molecular weight excluding hydrogens is 304 g/mol. The molecular formula is C18H26N4O2. The van der Waals surface area contributed by atoms with Crippen LogP contribution >= 0.6 is 0 Å². The second-order valence-electron chi connectivity index (χ2n) is 6.80. The van der Waals surface area contributed by atoms with Gasteiger partial charge < -0.3 is 15.1 Å². The van der Waals surface area contributed by atoms with Gasteiger partial charge in [-0.15, -0.1) is 0 Å². The minimum atomic E-state index is 0.0222. The van der Waals surface area contributed by atoms with E-state index in [0.717, 1.165) is 51.0 Å². The fraction of sp³-hybridized carbons (Fsp3) is 0.611. The zero-order valence-corrected chi connectivity index (χ0v) is 14.3. The van der Waals surface area contributed by atoms with Crippen LogP contribution in [-0.4, -0.2) is 59.9 Å². The van der Waals surface area contributed by atoms with Crippen molar-refractivity contribution < 1.29 is 9.59 Å². The van der Waals surface area contributed by atoms with E-state index in [4.69, 9.17) is 0 Å². The normalized spacial score (nSPS) is 21.8. The van der Waals surface area contributed by atoms with Gasteiger partial charge in [0.15, 0.2) is 0 Å². The second kappa shape index (κ2) is 7.64. The predicted molar refractivity (Wildman–Crippen MR) is 91.4 cm³/mol. The molecule has 0 bridgehead atoms. The Bertz CT molecular complexity index is 570. The molecule has 3 rings (SSSR count). The van der Waals surface area contributed by atoms with Crippen molar-refractivity contribution in [2.24, 2.45) is 11.8 Å². The van der Waals surface area contributed by atoms with E-state index in [-0.39, 0.29) is 11.9 Å². The van der Waals surface area contributed by atoms with Crippen molar-refractivity contribution in [1.82, 2.24) is 20.1 Å². The first-order valence-electron chi connectivity index (χ1n) is 8.80. The minimum absolute atomic E-state index is 0.0222. The lowest BCUT2D eigenvalue weighted by Gasteiger charge is -2.34. The van der Waals surface area contributed by atoms with Gasteiger partial charge in [0.05, 0.1) is 6.42 Å². The third kappa shape index (κ3) is 3.86. The molecule has 2 aliphatic rings. The quantitative estimate of drug-likeness (QED) is 0.914. The van der Waals surface area contributed by atoms with Crippen LogP contribution in [0, 0.1) is 11.8 Å². The lowest BCUT2D eigenvalue weighted by molar-refractivity contribution is -0.129. The van der Waals surface area contributed by atoms with E-state index >= 15 is 0 Å². The van der Waals surface area contributed by atoms with Crippen molar-refractivity contribution >= 4 is 11.9 Å². The molecule has 0 aromatic carbocycles. The van der Waals surface area contributed by atoms with Gasteiger partial charge in [0.2, 0.25) is 5.91 Å². The number of nitrogens with one attached hydrogen (secondary N) is 1. The van der Waals surface area contributed by atoms with Gasteiger partial charge in [-0.05, 0) is 48.8 Å². The summed E-state index contributed by atoms with van der Waals surface area (Å²) in [6, 6.07) is 3.83. The maximum absolute atomic E-state index is 12.5. The van der Waals surface area contributed by atoms with Crippen LogP contribution in [0.1, 0.15) is 24.8 Å². The minimum Gasteiger partial charge on any atom is -0.342 e. The number of rotatable bonds is 3. The molecule has 1 N–H and O–H groups in total. The molecule has 0 aliphatic carbocycles. The monoisotopic (exact) mass is 330 g/mol. The van der Waals surface area contributed by atoms with Gasteiger partial charge in [-0.3, -0.25) is 9.78 Å². The summed E-state index contributed by atoms with van der Waals surface area (Å²) in [6.07, 6.45) is 7.11. The smallest absolute Gasteiger partial charge is 0.317 e. The number of carbonyl (C=O) groups is 2. The van der Waals surface area contributed by atoms with Gasteiger partial charge in [-0.25, -0.2) is 4.79 Å². The molecule has 1 aromatic heterocycles. The first-order chi connectivity index (χ1) is 11.7. The maximum Gasteiger partial charge on any atom is 0.317 e. The molecule has 2 fully saturated rings. The SMILES string of the molecule is CNC(=O)N1CCC(C2CCN(C(=O)Cc3ccncc3)C2)CC1. The topological polar surface area (TPSA) is 65.5 Å². The van der Waals surface area contributed by atoms with E-state index in [0.29, 0.717) is 18.3 Å². The highest BCUT2D eigenvalue weighted by atomic mass is 16.2. The van der Waals surface area contributed by atoms with Gasteiger partial charge in [0.1, 0.15) is 0 Å². The summed E-state index contributed by atoms with van der Waals surface area (Å²) in [4.78, 5) is 32.0. The number of likely N-dealkylation sites (tertiary alicyclic amines) is 2. The standard InChI is InChI=1S/C18H26N4O2/c1-19-18(24)21-9-4-15(5-10-21)16-6-11-22(13-16)17(23)12-14-2-7-20-8-3-14/h2-3,7-8,15-16H,4-6,9-13H2,1H3,(H,19,24). The van der Waals surface area contributed by atoms with Crippen LogP contribution < -0.4 is 5.32 Å². The van der Waals surface area contributed by atoms with E-state index in [1.54, 1.807) is 19.4 Å². The molecule has 6 nitrogen and oxygen atoms in total. The van der Waals surface area contributed by atoms with Crippen LogP contribution in [0.3, 0.4) is 0 Å². The van der Waals surface area contributed by atoms with Gasteiger partial charge in [0.25, 0.3) is 0 Å². The molecule has 0 radical (unpaired) electrons. The number of aromatic nitrogens is 1. The molecule has 1 unspecified atom stereocenters. The van der Waals surface area contributed by atoms with Crippen LogP contribution in [0.4, 0.5) is 4.79 Å². The number of amides is 3. The number of hydrogen-bond acceptors (Lipinski definition) is 3. The van der Waals surface area contributed by atoms with E-state index < -0.39 is 0 Å². The third-order valence-electron chi connectivity index (χ3n) is 5.39. The summed E-state index contributed by atoms with van der Waals surface area (Å²) in [6.45, 7) is 3.39. The van der Waals surface area contributed by atoms with Gasteiger partial charge in [0, 0.05) is 45.6 Å². The summed E-state index contributed by atoms with van der Waals surface area (Å²) in [5, 5.41) is 2.69. The molecule has 24 heavy (non-hydrogen) atoms. The largest absolute Gasteiger partial charge is 0.342 e. The van der Waals surface area contributed by atoms with Crippen LogP contribution in [0.5, 0.6) is 0 Å². The molecule has 2 aliphatic heterocycles. The highest BCUT2D eigenvalue weighted by Crippen LogP contribution is 2.32. The lowest BCUT2D eigenvalue weighted by atomic mass is 9.84. The first kappa shape index (κ1) is 16.7. The van der Waals surface area contributed by atoms with Crippen LogP contribution in [0.15, 0.2) is 24.5 Å². The average Bonchev–Trinajstić information content (AvgIpc) is 3.12. The van der Waals surface area contributed by atoms with Crippen molar-refractivity contribution in [3.8, 4) is 0 Å². The molecule has 1 aromatic rings. The number of pyridine rings is 1. The van der Waals surface area contributed by atoms with Crippen LogP contribution in [0.2, 0.25) is 0 Å². The molecule has 2 saturated heterocycles. The Balaban J connectivity index is 1.47. The highest BCUT2D eigenvalue weighted by molar-refractivity contribution is 5.79. The van der Waals surface area contributed by atoms with Gasteiger partial charge >= 0.3 is 6.03 Å². The molecule has 3 heterocycles. The van der Waals surface area contributed by atoms with Crippen molar-refractivity contribution in [3.63, 3.8) is 0 Å². The number of urea groups is 1. The van der Waals surface area contributed by atoms with Crippen molar-refractivity contribution in [1.29, 1.82) is 0 Å². The van der Waals surface area contributed by atoms with Crippen molar-refractivity contribution in [3.05, 3.63) is 30.1 Å². The lowest BCUT2D eigenvalue weighted by Crippen LogP contribution is -2.44. The fourth-order valence-corrected chi connectivity index (χ4v) is 3.92. The highest BCUT2D eigenvalue weighted by Gasteiger charge is 2.34. The Kier molecular flexibility index (Phi) is 5.33. The fourth-order valence-electron chi connectivity index (χ4n) is 3.92. The Morgan fingerprint density at radius 3 is 2.38 bits per heavy atom. The summed E-state index contributed by atoms with van der Waals surface area (Å²) in [5.74, 6) is 1.43. The Hall–Kier alpha value is -2.11. The Labute approximate surface area is 143 Å². The summed E-state index contributed by atoms with van der Waals surface area (Å²) >= 11 is 0. The molecule has 0 saturated carbocycles. The molecule has 3 amide bonds.